The van der Waals surface area contributed by atoms with Crippen molar-refractivity contribution in [3.63, 3.8) is 0 Å². The molecule has 0 aromatic heterocycles. The van der Waals surface area contributed by atoms with Gasteiger partial charge in [0.15, 0.2) is 0 Å². The molecular weight excluding hydrogens is 292 g/mol. The van der Waals surface area contributed by atoms with Crippen LogP contribution in [0.1, 0.15) is 33.4 Å². The van der Waals surface area contributed by atoms with Crippen LogP contribution in [0.25, 0.3) is 0 Å². The third-order valence-corrected chi connectivity index (χ3v) is 4.51. The minimum Gasteiger partial charge on any atom is -0.326 e. The Bertz CT molecular complexity index is 780. The van der Waals surface area contributed by atoms with Crippen LogP contribution < -0.4 is 11.5 Å². The maximum Gasteiger partial charge on any atom is 0.0183 e. The molecule has 3 aromatic carbocycles. The number of benzene rings is 3. The second kappa shape index (κ2) is 7.91. The molecule has 2 nitrogen and oxygen atoms in total. The van der Waals surface area contributed by atoms with Crippen LogP contribution >= 0.6 is 0 Å². The van der Waals surface area contributed by atoms with Crippen LogP contribution in [-0.2, 0) is 25.9 Å². The summed E-state index contributed by atoms with van der Waals surface area (Å²) >= 11 is 0. The summed E-state index contributed by atoms with van der Waals surface area (Å²) in [4.78, 5) is 0. The quantitative estimate of drug-likeness (QED) is 0.727. The van der Waals surface area contributed by atoms with Crippen molar-refractivity contribution in [1.82, 2.24) is 0 Å². The number of hydrogen-bond acceptors (Lipinski definition) is 2. The van der Waals surface area contributed by atoms with Crippen molar-refractivity contribution in [1.29, 1.82) is 0 Å². The van der Waals surface area contributed by atoms with E-state index in [0.717, 1.165) is 12.8 Å². The molecule has 0 fully saturated rings. The molecule has 4 N–H and O–H groups in total. The summed E-state index contributed by atoms with van der Waals surface area (Å²) in [7, 11) is 0. The monoisotopic (exact) mass is 316 g/mol. The Labute approximate surface area is 144 Å². The van der Waals surface area contributed by atoms with Crippen LogP contribution in [0.15, 0.2) is 72.8 Å². The summed E-state index contributed by atoms with van der Waals surface area (Å²) in [6, 6.07) is 25.4. The molecule has 2 heteroatoms. The third-order valence-electron chi connectivity index (χ3n) is 4.51. The van der Waals surface area contributed by atoms with Gasteiger partial charge in [0, 0.05) is 13.1 Å². The smallest absolute Gasteiger partial charge is 0.0183 e. The first-order chi connectivity index (χ1) is 11.8. The molecule has 0 amide bonds. The number of rotatable bonds is 6. The van der Waals surface area contributed by atoms with E-state index in [0.29, 0.717) is 13.1 Å². The molecule has 0 saturated carbocycles. The van der Waals surface area contributed by atoms with Crippen molar-refractivity contribution in [3.05, 3.63) is 106 Å². The van der Waals surface area contributed by atoms with Gasteiger partial charge < -0.3 is 11.5 Å². The molecule has 3 aromatic rings. The number of nitrogens with two attached hydrogens (primary N) is 2. The minimum atomic E-state index is 0.540. The Balaban J connectivity index is 2.00. The van der Waals surface area contributed by atoms with Crippen molar-refractivity contribution in [2.75, 3.05) is 0 Å². The van der Waals surface area contributed by atoms with E-state index in [-0.39, 0.29) is 0 Å². The lowest BCUT2D eigenvalue weighted by Gasteiger charge is -2.18. The van der Waals surface area contributed by atoms with E-state index in [4.69, 9.17) is 11.5 Å². The molecule has 0 bridgehead atoms. The van der Waals surface area contributed by atoms with Gasteiger partial charge in [0.05, 0.1) is 0 Å². The molecule has 0 radical (unpaired) electrons. The molecule has 0 saturated heterocycles. The summed E-state index contributed by atoms with van der Waals surface area (Å²) < 4.78 is 0. The van der Waals surface area contributed by atoms with Crippen molar-refractivity contribution < 1.29 is 0 Å². The topological polar surface area (TPSA) is 52.0 Å². The normalized spacial score (nSPS) is 10.8. The first kappa shape index (κ1) is 16.4. The molecule has 0 aliphatic carbocycles. The van der Waals surface area contributed by atoms with E-state index in [1.54, 1.807) is 0 Å². The zero-order valence-electron chi connectivity index (χ0n) is 13.9. The lowest BCUT2D eigenvalue weighted by molar-refractivity contribution is 0.936. The van der Waals surface area contributed by atoms with Gasteiger partial charge in [-0.3, -0.25) is 0 Å². The molecule has 3 rings (SSSR count). The van der Waals surface area contributed by atoms with Gasteiger partial charge in [0.25, 0.3) is 0 Å². The van der Waals surface area contributed by atoms with Crippen molar-refractivity contribution in [2.45, 2.75) is 25.9 Å². The fourth-order valence-electron chi connectivity index (χ4n) is 3.24. The fraction of sp³-hybridized carbons (Fsp3) is 0.182. The second-order valence-corrected chi connectivity index (χ2v) is 6.07. The predicted octanol–water partition coefficient (Wildman–Crippen LogP) is 3.79. The van der Waals surface area contributed by atoms with Crippen LogP contribution in [0.4, 0.5) is 0 Å². The maximum atomic E-state index is 6.14. The standard InChI is InChI=1S/C22H24N2/c23-15-20-12-11-19(13-17-7-3-1-4-8-17)22(16-24)21(20)14-18-9-5-2-6-10-18/h1-12H,13-16,23-24H2. The highest BCUT2D eigenvalue weighted by Crippen LogP contribution is 2.24. The Morgan fingerprint density at radius 1 is 0.500 bits per heavy atom. The Hall–Kier alpha value is -2.42. The Morgan fingerprint density at radius 2 is 1.04 bits per heavy atom. The SMILES string of the molecule is NCc1ccc(Cc2ccccc2)c(CN)c1Cc1ccccc1. The first-order valence-corrected chi connectivity index (χ1v) is 8.42. The summed E-state index contributed by atoms with van der Waals surface area (Å²) in [5, 5.41) is 0. The van der Waals surface area contributed by atoms with Crippen LogP contribution in [-0.4, -0.2) is 0 Å². The van der Waals surface area contributed by atoms with E-state index < -0.39 is 0 Å². The molecule has 0 spiro atoms. The highest BCUT2D eigenvalue weighted by molar-refractivity contribution is 5.45. The van der Waals surface area contributed by atoms with Gasteiger partial charge in [-0.05, 0) is 46.2 Å². The van der Waals surface area contributed by atoms with Crippen molar-refractivity contribution in [3.8, 4) is 0 Å². The van der Waals surface area contributed by atoms with Gasteiger partial charge in [0.2, 0.25) is 0 Å². The zero-order valence-corrected chi connectivity index (χ0v) is 13.9. The van der Waals surface area contributed by atoms with Crippen molar-refractivity contribution in [2.24, 2.45) is 11.5 Å². The lowest BCUT2D eigenvalue weighted by Crippen LogP contribution is -2.12. The van der Waals surface area contributed by atoms with Gasteiger partial charge >= 0.3 is 0 Å². The molecule has 0 heterocycles. The second-order valence-electron chi connectivity index (χ2n) is 6.07. The molecule has 0 atom stereocenters. The van der Waals surface area contributed by atoms with E-state index in [9.17, 15) is 0 Å². The zero-order chi connectivity index (χ0) is 16.8. The highest BCUT2D eigenvalue weighted by atomic mass is 14.6. The average molecular weight is 316 g/mol. The molecule has 24 heavy (non-hydrogen) atoms. The third kappa shape index (κ3) is 3.73. The van der Waals surface area contributed by atoms with Gasteiger partial charge in [-0.1, -0.05) is 72.8 Å². The van der Waals surface area contributed by atoms with Crippen molar-refractivity contribution >= 4 is 0 Å². The van der Waals surface area contributed by atoms with Crippen LogP contribution in [0.3, 0.4) is 0 Å². The first-order valence-electron chi connectivity index (χ1n) is 8.42. The van der Waals surface area contributed by atoms with E-state index >= 15 is 0 Å². The molecule has 0 aliphatic heterocycles. The molecular formula is C22H24N2. The molecule has 0 aliphatic rings. The predicted molar refractivity (Wildman–Crippen MR) is 101 cm³/mol. The largest absolute Gasteiger partial charge is 0.326 e. The highest BCUT2D eigenvalue weighted by Gasteiger charge is 2.12. The molecule has 122 valence electrons. The minimum absolute atomic E-state index is 0.540. The molecule has 0 unspecified atom stereocenters. The average Bonchev–Trinajstić information content (AvgIpc) is 2.64. The van der Waals surface area contributed by atoms with Gasteiger partial charge in [-0.15, -0.1) is 0 Å². The van der Waals surface area contributed by atoms with Crippen LogP contribution in [0.2, 0.25) is 0 Å². The van der Waals surface area contributed by atoms with Crippen LogP contribution in [0, 0.1) is 0 Å². The summed E-state index contributed by atoms with van der Waals surface area (Å²) in [6.45, 7) is 1.08. The fourth-order valence-corrected chi connectivity index (χ4v) is 3.24. The van der Waals surface area contributed by atoms with Gasteiger partial charge in [-0.25, -0.2) is 0 Å². The Morgan fingerprint density at radius 3 is 1.58 bits per heavy atom. The summed E-state index contributed by atoms with van der Waals surface area (Å²) in [5.74, 6) is 0. The van der Waals surface area contributed by atoms with Gasteiger partial charge in [0.1, 0.15) is 0 Å². The maximum absolute atomic E-state index is 6.14. The summed E-state index contributed by atoms with van der Waals surface area (Å²) in [5.41, 5.74) is 19.7. The van der Waals surface area contributed by atoms with E-state index in [2.05, 4.69) is 60.7 Å². The van der Waals surface area contributed by atoms with E-state index in [1.165, 1.54) is 33.4 Å². The van der Waals surface area contributed by atoms with Gasteiger partial charge in [-0.2, -0.15) is 0 Å². The van der Waals surface area contributed by atoms with Crippen LogP contribution in [0.5, 0.6) is 0 Å². The number of hydrogen-bond donors (Lipinski definition) is 2. The lowest BCUT2D eigenvalue weighted by atomic mass is 9.89. The Kier molecular flexibility index (Phi) is 5.42. The summed E-state index contributed by atoms with van der Waals surface area (Å²) in [6.07, 6.45) is 1.78. The van der Waals surface area contributed by atoms with E-state index in [1.807, 2.05) is 12.1 Å².